The highest BCUT2D eigenvalue weighted by Crippen LogP contribution is 2.34. The summed E-state index contributed by atoms with van der Waals surface area (Å²) in [6.07, 6.45) is 1.52. The molecule has 0 unspecified atom stereocenters. The van der Waals surface area contributed by atoms with Crippen LogP contribution in [0.1, 0.15) is 16.7 Å². The molecule has 0 atom stereocenters. The predicted octanol–water partition coefficient (Wildman–Crippen LogP) is 3.62. The molecule has 1 aliphatic rings. The molecule has 3 rings (SSSR count). The fourth-order valence-corrected chi connectivity index (χ4v) is 2.57. The number of nitrogens with one attached hydrogen (secondary N) is 1. The molecule has 0 fully saturated rings. The normalized spacial score (nSPS) is 13.1. The summed E-state index contributed by atoms with van der Waals surface area (Å²) in [6.45, 7) is 4.78. The van der Waals surface area contributed by atoms with E-state index in [2.05, 4.69) is 5.32 Å². The van der Waals surface area contributed by atoms with Crippen LogP contribution in [0.5, 0.6) is 11.5 Å². The second kappa shape index (κ2) is 7.10. The van der Waals surface area contributed by atoms with Crippen molar-refractivity contribution in [3.05, 3.63) is 58.7 Å². The fourth-order valence-electron chi connectivity index (χ4n) is 2.57. The van der Waals surface area contributed by atoms with Crippen molar-refractivity contribution in [2.75, 3.05) is 18.5 Å². The second-order valence-corrected chi connectivity index (χ2v) is 5.81. The molecule has 2 aromatic carbocycles. The molecule has 0 aromatic heterocycles. The zero-order valence-electron chi connectivity index (χ0n) is 14.1. The molecule has 2 aromatic rings. The lowest BCUT2D eigenvalue weighted by atomic mass is 10.1. The van der Waals surface area contributed by atoms with E-state index < -0.39 is 5.91 Å². The molecule has 1 heterocycles. The van der Waals surface area contributed by atoms with Crippen LogP contribution >= 0.6 is 0 Å². The molecular formula is C20H18N2O3. The number of ether oxygens (including phenoxy) is 2. The summed E-state index contributed by atoms with van der Waals surface area (Å²) in [5, 5.41) is 12.2. The third kappa shape index (κ3) is 3.64. The van der Waals surface area contributed by atoms with Gasteiger partial charge in [0.05, 0.1) is 0 Å². The SMILES string of the molecule is Cc1ccc(C)c(NC(=O)/C(C#N)=C\c2cccc3c2OCCO3)c1. The number of hydrogen-bond acceptors (Lipinski definition) is 4. The minimum atomic E-state index is -0.453. The number of aryl methyl sites for hydroxylation is 2. The van der Waals surface area contributed by atoms with Crippen LogP contribution in [0.15, 0.2) is 42.0 Å². The van der Waals surface area contributed by atoms with E-state index in [1.807, 2.05) is 38.1 Å². The van der Waals surface area contributed by atoms with Crippen molar-refractivity contribution in [3.8, 4) is 17.6 Å². The predicted molar refractivity (Wildman–Crippen MR) is 95.6 cm³/mol. The molecule has 0 saturated carbocycles. The van der Waals surface area contributed by atoms with Gasteiger partial charge in [-0.15, -0.1) is 0 Å². The first-order valence-corrected chi connectivity index (χ1v) is 7.97. The molecule has 126 valence electrons. The number of carbonyl (C=O) groups is 1. The molecular weight excluding hydrogens is 316 g/mol. The molecule has 0 spiro atoms. The Balaban J connectivity index is 1.90. The standard InChI is InChI=1S/C20H18N2O3/c1-13-6-7-14(2)17(10-13)22-20(23)16(12-21)11-15-4-3-5-18-19(15)25-9-8-24-18/h3-7,10-11H,8-9H2,1-2H3,(H,22,23)/b16-11-. The van der Waals surface area contributed by atoms with Gasteiger partial charge in [0.15, 0.2) is 11.5 Å². The van der Waals surface area contributed by atoms with Crippen molar-refractivity contribution in [3.63, 3.8) is 0 Å². The number of nitrogens with zero attached hydrogens (tertiary/aromatic N) is 1. The topological polar surface area (TPSA) is 71.4 Å². The molecule has 5 heteroatoms. The van der Waals surface area contributed by atoms with Gasteiger partial charge in [-0.25, -0.2) is 0 Å². The van der Waals surface area contributed by atoms with Gasteiger partial charge in [0.2, 0.25) is 0 Å². The Labute approximate surface area is 146 Å². The number of anilines is 1. The maximum absolute atomic E-state index is 12.5. The summed E-state index contributed by atoms with van der Waals surface area (Å²) in [5.41, 5.74) is 3.31. The van der Waals surface area contributed by atoms with Gasteiger partial charge in [0, 0.05) is 11.3 Å². The van der Waals surface area contributed by atoms with E-state index in [1.165, 1.54) is 6.08 Å². The fraction of sp³-hybridized carbons (Fsp3) is 0.200. The number of fused-ring (bicyclic) bond motifs is 1. The van der Waals surface area contributed by atoms with E-state index in [0.29, 0.717) is 36.0 Å². The Kier molecular flexibility index (Phi) is 4.71. The van der Waals surface area contributed by atoms with Gasteiger partial charge < -0.3 is 14.8 Å². The minimum absolute atomic E-state index is 0.00322. The van der Waals surface area contributed by atoms with Gasteiger partial charge in [-0.2, -0.15) is 5.26 Å². The second-order valence-electron chi connectivity index (χ2n) is 5.81. The summed E-state index contributed by atoms with van der Waals surface area (Å²) in [7, 11) is 0. The van der Waals surface area contributed by atoms with Crippen LogP contribution in [-0.2, 0) is 4.79 Å². The lowest BCUT2D eigenvalue weighted by Crippen LogP contribution is -2.17. The Morgan fingerprint density at radius 3 is 2.80 bits per heavy atom. The monoisotopic (exact) mass is 334 g/mol. The number of rotatable bonds is 3. The number of para-hydroxylation sites is 1. The van der Waals surface area contributed by atoms with Crippen LogP contribution in [0.3, 0.4) is 0 Å². The first-order valence-electron chi connectivity index (χ1n) is 7.97. The molecule has 1 N–H and O–H groups in total. The molecule has 0 saturated heterocycles. The first-order chi connectivity index (χ1) is 12.1. The molecule has 25 heavy (non-hydrogen) atoms. The summed E-state index contributed by atoms with van der Waals surface area (Å²) < 4.78 is 11.1. The van der Waals surface area contributed by atoms with Gasteiger partial charge in [-0.1, -0.05) is 24.3 Å². The van der Waals surface area contributed by atoms with E-state index in [1.54, 1.807) is 18.2 Å². The number of carbonyl (C=O) groups excluding carboxylic acids is 1. The van der Waals surface area contributed by atoms with Gasteiger partial charge >= 0.3 is 0 Å². The summed E-state index contributed by atoms with van der Waals surface area (Å²) in [5.74, 6) is 0.721. The van der Waals surface area contributed by atoms with E-state index in [0.717, 1.165) is 11.1 Å². The maximum Gasteiger partial charge on any atom is 0.266 e. The Hall–Kier alpha value is -3.26. The molecule has 0 bridgehead atoms. The highest BCUT2D eigenvalue weighted by Gasteiger charge is 2.17. The molecule has 1 aliphatic heterocycles. The number of benzene rings is 2. The summed E-state index contributed by atoms with van der Waals surface area (Å²) in [6, 6.07) is 13.1. The third-order valence-corrected chi connectivity index (χ3v) is 3.90. The van der Waals surface area contributed by atoms with Crippen LogP contribution in [0.4, 0.5) is 5.69 Å². The largest absolute Gasteiger partial charge is 0.486 e. The average Bonchev–Trinajstić information content (AvgIpc) is 2.62. The highest BCUT2D eigenvalue weighted by molar-refractivity contribution is 6.10. The van der Waals surface area contributed by atoms with Crippen molar-refractivity contribution >= 4 is 17.7 Å². The Bertz CT molecular complexity index is 894. The lowest BCUT2D eigenvalue weighted by molar-refractivity contribution is -0.112. The number of amides is 1. The van der Waals surface area contributed by atoms with Crippen molar-refractivity contribution in [2.24, 2.45) is 0 Å². The summed E-state index contributed by atoms with van der Waals surface area (Å²) in [4.78, 5) is 12.5. The van der Waals surface area contributed by atoms with Crippen LogP contribution in [0.25, 0.3) is 6.08 Å². The quantitative estimate of drug-likeness (QED) is 0.687. The molecule has 1 amide bonds. The van der Waals surface area contributed by atoms with Crippen LogP contribution in [0, 0.1) is 25.2 Å². The number of hydrogen-bond donors (Lipinski definition) is 1. The smallest absolute Gasteiger partial charge is 0.266 e. The van der Waals surface area contributed by atoms with Crippen molar-refractivity contribution in [2.45, 2.75) is 13.8 Å². The van der Waals surface area contributed by atoms with Gasteiger partial charge in [-0.05, 0) is 43.2 Å². The lowest BCUT2D eigenvalue weighted by Gasteiger charge is -2.19. The summed E-state index contributed by atoms with van der Waals surface area (Å²) >= 11 is 0. The van der Waals surface area contributed by atoms with Crippen LogP contribution in [-0.4, -0.2) is 19.1 Å². The van der Waals surface area contributed by atoms with Gasteiger partial charge in [-0.3, -0.25) is 4.79 Å². The Morgan fingerprint density at radius 2 is 2.00 bits per heavy atom. The number of nitriles is 1. The van der Waals surface area contributed by atoms with Gasteiger partial charge in [0.25, 0.3) is 5.91 Å². The zero-order chi connectivity index (χ0) is 17.8. The van der Waals surface area contributed by atoms with E-state index >= 15 is 0 Å². The third-order valence-electron chi connectivity index (χ3n) is 3.90. The molecule has 0 aliphatic carbocycles. The average molecular weight is 334 g/mol. The Morgan fingerprint density at radius 1 is 1.20 bits per heavy atom. The molecule has 0 radical (unpaired) electrons. The zero-order valence-corrected chi connectivity index (χ0v) is 14.1. The maximum atomic E-state index is 12.5. The van der Waals surface area contributed by atoms with Gasteiger partial charge in [0.1, 0.15) is 24.9 Å². The van der Waals surface area contributed by atoms with Crippen molar-refractivity contribution in [1.29, 1.82) is 5.26 Å². The van der Waals surface area contributed by atoms with E-state index in [-0.39, 0.29) is 5.57 Å². The molecule has 5 nitrogen and oxygen atoms in total. The van der Waals surface area contributed by atoms with Crippen molar-refractivity contribution < 1.29 is 14.3 Å². The first kappa shape index (κ1) is 16.6. The van der Waals surface area contributed by atoms with Crippen LogP contribution < -0.4 is 14.8 Å². The van der Waals surface area contributed by atoms with E-state index in [4.69, 9.17) is 9.47 Å². The van der Waals surface area contributed by atoms with E-state index in [9.17, 15) is 10.1 Å². The minimum Gasteiger partial charge on any atom is -0.486 e. The van der Waals surface area contributed by atoms with Crippen LogP contribution in [0.2, 0.25) is 0 Å². The van der Waals surface area contributed by atoms with Crippen molar-refractivity contribution in [1.82, 2.24) is 0 Å². The highest BCUT2D eigenvalue weighted by atomic mass is 16.6.